The van der Waals surface area contributed by atoms with Crippen LogP contribution >= 0.6 is 0 Å². The van der Waals surface area contributed by atoms with Crippen molar-refractivity contribution >= 4 is 0 Å². The fraction of sp³-hybridized carbons (Fsp3) is 0.636. The molecular weight excluding hydrogens is 206 g/mol. The van der Waals surface area contributed by atoms with E-state index in [2.05, 4.69) is 9.97 Å². The van der Waals surface area contributed by atoms with Gasteiger partial charge in [0.15, 0.2) is 0 Å². The second-order valence-electron chi connectivity index (χ2n) is 4.01. The molecule has 1 aromatic heterocycles. The van der Waals surface area contributed by atoms with Gasteiger partial charge in [-0.3, -0.25) is 0 Å². The third-order valence-electron chi connectivity index (χ3n) is 2.75. The number of ether oxygens (including phenoxy) is 2. The molecule has 0 aromatic carbocycles. The Morgan fingerprint density at radius 3 is 3.12 bits per heavy atom. The molecule has 16 heavy (non-hydrogen) atoms. The first-order valence-corrected chi connectivity index (χ1v) is 5.52. The van der Waals surface area contributed by atoms with Gasteiger partial charge in [-0.15, -0.1) is 0 Å². The molecule has 2 heterocycles. The number of nitrogens with zero attached hydrogens (tertiary/aromatic N) is 2. The molecule has 1 saturated heterocycles. The highest BCUT2D eigenvalue weighted by molar-refractivity contribution is 5.17. The van der Waals surface area contributed by atoms with Crippen molar-refractivity contribution in [2.45, 2.75) is 19.9 Å². The fourth-order valence-electron chi connectivity index (χ4n) is 1.65. The van der Waals surface area contributed by atoms with Gasteiger partial charge in [-0.2, -0.15) is 0 Å². The van der Waals surface area contributed by atoms with Crippen LogP contribution in [0, 0.1) is 12.8 Å². The Labute approximate surface area is 95.0 Å². The van der Waals surface area contributed by atoms with E-state index >= 15 is 0 Å². The molecule has 5 nitrogen and oxygen atoms in total. The van der Waals surface area contributed by atoms with E-state index in [0.717, 1.165) is 30.9 Å². The lowest BCUT2D eigenvalue weighted by atomic mass is 10.1. The van der Waals surface area contributed by atoms with E-state index in [1.807, 2.05) is 6.92 Å². The summed E-state index contributed by atoms with van der Waals surface area (Å²) in [5, 5.41) is 0. The average molecular weight is 223 g/mol. The smallest absolute Gasteiger partial charge is 0.316 e. The summed E-state index contributed by atoms with van der Waals surface area (Å²) in [6.45, 7) is 4.61. The summed E-state index contributed by atoms with van der Waals surface area (Å²) in [4.78, 5) is 8.37. The zero-order valence-corrected chi connectivity index (χ0v) is 9.48. The van der Waals surface area contributed by atoms with Crippen molar-refractivity contribution in [3.05, 3.63) is 17.5 Å². The molecule has 1 aromatic rings. The molecule has 2 rings (SSSR count). The van der Waals surface area contributed by atoms with Crippen molar-refractivity contribution in [1.82, 2.24) is 9.97 Å². The van der Waals surface area contributed by atoms with Crippen molar-refractivity contribution in [2.24, 2.45) is 11.7 Å². The zero-order chi connectivity index (χ0) is 11.4. The van der Waals surface area contributed by atoms with Gasteiger partial charge in [-0.25, -0.2) is 9.97 Å². The summed E-state index contributed by atoms with van der Waals surface area (Å²) in [5.74, 6) is 0.470. The topological polar surface area (TPSA) is 70.3 Å². The molecule has 2 N–H and O–H groups in total. The Kier molecular flexibility index (Phi) is 3.69. The van der Waals surface area contributed by atoms with Gasteiger partial charge < -0.3 is 15.2 Å². The molecule has 1 atom stereocenters. The van der Waals surface area contributed by atoms with Gasteiger partial charge in [-0.1, -0.05) is 0 Å². The first-order chi connectivity index (χ1) is 7.79. The Hall–Kier alpha value is -1.20. The van der Waals surface area contributed by atoms with E-state index in [-0.39, 0.29) is 0 Å². The predicted molar refractivity (Wildman–Crippen MR) is 59.1 cm³/mol. The van der Waals surface area contributed by atoms with Crippen molar-refractivity contribution in [2.75, 3.05) is 19.8 Å². The Morgan fingerprint density at radius 1 is 1.62 bits per heavy atom. The molecule has 0 saturated carbocycles. The molecule has 0 radical (unpaired) electrons. The molecule has 5 heteroatoms. The van der Waals surface area contributed by atoms with Crippen molar-refractivity contribution in [3.8, 4) is 6.01 Å². The van der Waals surface area contributed by atoms with Crippen molar-refractivity contribution < 1.29 is 9.47 Å². The average Bonchev–Trinajstić information content (AvgIpc) is 2.79. The summed E-state index contributed by atoms with van der Waals surface area (Å²) < 4.78 is 10.8. The minimum absolute atomic E-state index is 0.432. The number of hydrogen-bond acceptors (Lipinski definition) is 5. The lowest BCUT2D eigenvalue weighted by Crippen LogP contribution is -2.13. The number of nitrogens with two attached hydrogens (primary N) is 1. The second kappa shape index (κ2) is 5.23. The van der Waals surface area contributed by atoms with Crippen LogP contribution in [0.2, 0.25) is 0 Å². The largest absolute Gasteiger partial charge is 0.463 e. The summed E-state index contributed by atoms with van der Waals surface area (Å²) in [5.41, 5.74) is 7.38. The summed E-state index contributed by atoms with van der Waals surface area (Å²) in [7, 11) is 0. The minimum Gasteiger partial charge on any atom is -0.463 e. The highest BCUT2D eigenvalue weighted by Crippen LogP contribution is 2.14. The summed E-state index contributed by atoms with van der Waals surface area (Å²) >= 11 is 0. The maximum atomic E-state index is 5.54. The standard InChI is InChI=1S/C11H17N3O2/c1-8-10(4-12)5-13-11(14-8)16-7-9-2-3-15-6-9/h5,9H,2-4,6-7,12H2,1H3. The third kappa shape index (κ3) is 2.68. The number of aryl methyl sites for hydroxylation is 1. The lowest BCUT2D eigenvalue weighted by molar-refractivity contribution is 0.163. The Morgan fingerprint density at radius 2 is 2.50 bits per heavy atom. The van der Waals surface area contributed by atoms with Crippen LogP contribution in [-0.4, -0.2) is 29.8 Å². The van der Waals surface area contributed by atoms with Gasteiger partial charge in [0.1, 0.15) is 0 Å². The monoisotopic (exact) mass is 223 g/mol. The molecule has 1 aliphatic rings. The van der Waals surface area contributed by atoms with E-state index in [1.54, 1.807) is 6.20 Å². The van der Waals surface area contributed by atoms with E-state index in [4.69, 9.17) is 15.2 Å². The van der Waals surface area contributed by atoms with Crippen LogP contribution in [0.1, 0.15) is 17.7 Å². The quantitative estimate of drug-likeness (QED) is 0.812. The van der Waals surface area contributed by atoms with E-state index in [0.29, 0.717) is 25.1 Å². The van der Waals surface area contributed by atoms with E-state index < -0.39 is 0 Å². The Bertz CT molecular complexity index is 351. The molecule has 0 amide bonds. The molecule has 88 valence electrons. The lowest BCUT2D eigenvalue weighted by Gasteiger charge is -2.09. The highest BCUT2D eigenvalue weighted by Gasteiger charge is 2.16. The first-order valence-electron chi connectivity index (χ1n) is 5.52. The molecule has 1 aliphatic heterocycles. The molecule has 0 spiro atoms. The minimum atomic E-state index is 0.432. The maximum absolute atomic E-state index is 5.54. The van der Waals surface area contributed by atoms with Crippen LogP contribution in [0.3, 0.4) is 0 Å². The van der Waals surface area contributed by atoms with Gasteiger partial charge in [0.25, 0.3) is 0 Å². The summed E-state index contributed by atoms with van der Waals surface area (Å²) in [6, 6.07) is 0.432. The molecule has 0 bridgehead atoms. The van der Waals surface area contributed by atoms with E-state index in [9.17, 15) is 0 Å². The van der Waals surface area contributed by atoms with Gasteiger partial charge in [0.2, 0.25) is 0 Å². The molecule has 1 unspecified atom stereocenters. The van der Waals surface area contributed by atoms with Crippen LogP contribution in [0.5, 0.6) is 6.01 Å². The highest BCUT2D eigenvalue weighted by atomic mass is 16.5. The van der Waals surface area contributed by atoms with Crippen LogP contribution in [0.4, 0.5) is 0 Å². The molecular formula is C11H17N3O2. The van der Waals surface area contributed by atoms with Crippen molar-refractivity contribution in [1.29, 1.82) is 0 Å². The first kappa shape index (κ1) is 11.3. The second-order valence-corrected chi connectivity index (χ2v) is 4.01. The Balaban J connectivity index is 1.91. The van der Waals surface area contributed by atoms with Gasteiger partial charge in [-0.05, 0) is 13.3 Å². The maximum Gasteiger partial charge on any atom is 0.316 e. The number of aromatic nitrogens is 2. The van der Waals surface area contributed by atoms with Crippen molar-refractivity contribution in [3.63, 3.8) is 0 Å². The molecule has 0 aliphatic carbocycles. The SMILES string of the molecule is Cc1nc(OCC2CCOC2)ncc1CN. The van der Waals surface area contributed by atoms with Gasteiger partial charge in [0.05, 0.1) is 13.2 Å². The molecule has 1 fully saturated rings. The van der Waals surface area contributed by atoms with Crippen LogP contribution in [0.15, 0.2) is 6.20 Å². The van der Waals surface area contributed by atoms with Crippen LogP contribution in [-0.2, 0) is 11.3 Å². The normalized spacial score (nSPS) is 20.0. The van der Waals surface area contributed by atoms with E-state index in [1.165, 1.54) is 0 Å². The number of rotatable bonds is 4. The fourth-order valence-corrected chi connectivity index (χ4v) is 1.65. The third-order valence-corrected chi connectivity index (χ3v) is 2.75. The van der Waals surface area contributed by atoms with Crippen LogP contribution < -0.4 is 10.5 Å². The van der Waals surface area contributed by atoms with Gasteiger partial charge >= 0.3 is 6.01 Å². The summed E-state index contributed by atoms with van der Waals surface area (Å²) in [6.07, 6.45) is 2.78. The van der Waals surface area contributed by atoms with Gasteiger partial charge in [0, 0.05) is 36.5 Å². The van der Waals surface area contributed by atoms with Crippen LogP contribution in [0.25, 0.3) is 0 Å². The zero-order valence-electron chi connectivity index (χ0n) is 9.48. The number of hydrogen-bond donors (Lipinski definition) is 1. The predicted octanol–water partition coefficient (Wildman–Crippen LogP) is 0.659.